The van der Waals surface area contributed by atoms with Gasteiger partial charge in [-0.2, -0.15) is 4.98 Å². The quantitative estimate of drug-likeness (QED) is 0.676. The number of fused-ring (bicyclic) bond motifs is 1. The minimum Gasteiger partial charge on any atom is -0.492 e. The van der Waals surface area contributed by atoms with Gasteiger partial charge >= 0.3 is 0 Å². The minimum atomic E-state index is 0.195. The van der Waals surface area contributed by atoms with Crippen LogP contribution < -0.4 is 10.1 Å². The van der Waals surface area contributed by atoms with Crippen molar-refractivity contribution >= 4 is 45.6 Å². The largest absolute Gasteiger partial charge is 0.492 e. The van der Waals surface area contributed by atoms with Crippen LogP contribution in [-0.2, 0) is 0 Å². The fraction of sp³-hybridized carbons (Fsp3) is 0.125. The van der Waals surface area contributed by atoms with Gasteiger partial charge in [0.15, 0.2) is 0 Å². The average Bonchev–Trinajstić information content (AvgIpc) is 2.51. The molecular weight excluding hydrogens is 321 g/mol. The van der Waals surface area contributed by atoms with Crippen molar-refractivity contribution in [3.05, 3.63) is 52.8 Å². The first-order valence-electron chi connectivity index (χ1n) is 6.79. The standard InChI is InChI=1S/C16H13Cl2N3O/c1-2-22-14-9-10(7-8-12(14)17)19-15-11-5-3-4-6-13(11)20-16(18)21-15/h3-9H,2H2,1H3,(H,19,20,21). The molecule has 0 radical (unpaired) electrons. The molecule has 1 heterocycles. The molecule has 0 aliphatic rings. The number of anilines is 2. The molecule has 2 aromatic carbocycles. The van der Waals surface area contributed by atoms with E-state index in [2.05, 4.69) is 15.3 Å². The summed E-state index contributed by atoms with van der Waals surface area (Å²) in [6, 6.07) is 13.1. The summed E-state index contributed by atoms with van der Waals surface area (Å²) in [4.78, 5) is 8.47. The number of hydrogen-bond acceptors (Lipinski definition) is 4. The highest BCUT2D eigenvalue weighted by Crippen LogP contribution is 2.31. The number of ether oxygens (including phenoxy) is 1. The number of halogens is 2. The van der Waals surface area contributed by atoms with E-state index in [1.54, 1.807) is 6.07 Å². The molecule has 0 unspecified atom stereocenters. The van der Waals surface area contributed by atoms with E-state index in [0.29, 0.717) is 23.2 Å². The van der Waals surface area contributed by atoms with Crippen LogP contribution in [-0.4, -0.2) is 16.6 Å². The van der Waals surface area contributed by atoms with Crippen LogP contribution in [0.3, 0.4) is 0 Å². The van der Waals surface area contributed by atoms with E-state index in [4.69, 9.17) is 27.9 Å². The first kappa shape index (κ1) is 14.9. The first-order chi connectivity index (χ1) is 10.7. The van der Waals surface area contributed by atoms with Crippen LogP contribution in [0.1, 0.15) is 6.92 Å². The highest BCUT2D eigenvalue weighted by Gasteiger charge is 2.08. The predicted octanol–water partition coefficient (Wildman–Crippen LogP) is 5.08. The summed E-state index contributed by atoms with van der Waals surface area (Å²) < 4.78 is 5.50. The van der Waals surface area contributed by atoms with Gasteiger partial charge in [-0.15, -0.1) is 0 Å². The summed E-state index contributed by atoms with van der Waals surface area (Å²) in [5.74, 6) is 1.26. The summed E-state index contributed by atoms with van der Waals surface area (Å²) in [6.45, 7) is 2.46. The predicted molar refractivity (Wildman–Crippen MR) is 90.5 cm³/mol. The van der Waals surface area contributed by atoms with Crippen molar-refractivity contribution in [1.29, 1.82) is 0 Å². The van der Waals surface area contributed by atoms with Crippen LogP contribution in [0.5, 0.6) is 5.75 Å². The maximum atomic E-state index is 6.10. The lowest BCUT2D eigenvalue weighted by Crippen LogP contribution is -1.98. The van der Waals surface area contributed by atoms with Crippen molar-refractivity contribution < 1.29 is 4.74 Å². The van der Waals surface area contributed by atoms with Crippen molar-refractivity contribution in [3.63, 3.8) is 0 Å². The van der Waals surface area contributed by atoms with Gasteiger partial charge in [0.05, 0.1) is 17.1 Å². The zero-order chi connectivity index (χ0) is 15.5. The molecule has 0 aliphatic heterocycles. The van der Waals surface area contributed by atoms with Gasteiger partial charge in [0.1, 0.15) is 11.6 Å². The van der Waals surface area contributed by atoms with Crippen molar-refractivity contribution in [2.24, 2.45) is 0 Å². The molecule has 0 atom stereocenters. The van der Waals surface area contributed by atoms with Crippen LogP contribution in [0.15, 0.2) is 42.5 Å². The van der Waals surface area contributed by atoms with Gasteiger partial charge in [-0.3, -0.25) is 0 Å². The van der Waals surface area contributed by atoms with Crippen LogP contribution >= 0.6 is 23.2 Å². The second-order valence-corrected chi connectivity index (χ2v) is 5.31. The van der Waals surface area contributed by atoms with Gasteiger partial charge in [0.25, 0.3) is 0 Å². The number of nitrogens with one attached hydrogen (secondary N) is 1. The Hall–Kier alpha value is -2.04. The van der Waals surface area contributed by atoms with Gasteiger partial charge < -0.3 is 10.1 Å². The molecule has 4 nitrogen and oxygen atoms in total. The summed E-state index contributed by atoms with van der Waals surface area (Å²) >= 11 is 12.1. The van der Waals surface area contributed by atoms with Crippen LogP contribution in [0.25, 0.3) is 10.9 Å². The van der Waals surface area contributed by atoms with Gasteiger partial charge in [-0.25, -0.2) is 4.98 Å². The summed E-state index contributed by atoms with van der Waals surface area (Å²) in [7, 11) is 0. The van der Waals surface area contributed by atoms with E-state index >= 15 is 0 Å². The van der Waals surface area contributed by atoms with Gasteiger partial charge in [0.2, 0.25) is 5.28 Å². The summed E-state index contributed by atoms with van der Waals surface area (Å²) in [5.41, 5.74) is 1.59. The lowest BCUT2D eigenvalue weighted by Gasteiger charge is -2.11. The molecule has 1 aromatic heterocycles. The minimum absolute atomic E-state index is 0.195. The average molecular weight is 334 g/mol. The van der Waals surface area contributed by atoms with Gasteiger partial charge in [0, 0.05) is 17.1 Å². The number of aromatic nitrogens is 2. The third-order valence-electron chi connectivity index (χ3n) is 3.07. The van der Waals surface area contributed by atoms with Crippen molar-refractivity contribution in [3.8, 4) is 5.75 Å². The highest BCUT2D eigenvalue weighted by atomic mass is 35.5. The van der Waals surface area contributed by atoms with E-state index in [-0.39, 0.29) is 5.28 Å². The molecule has 0 saturated heterocycles. The molecule has 22 heavy (non-hydrogen) atoms. The Labute approximate surface area is 138 Å². The Morgan fingerprint density at radius 2 is 1.91 bits per heavy atom. The fourth-order valence-corrected chi connectivity index (χ4v) is 2.48. The van der Waals surface area contributed by atoms with E-state index < -0.39 is 0 Å². The molecule has 112 valence electrons. The Bertz CT molecular complexity index is 824. The number of nitrogens with zero attached hydrogens (tertiary/aromatic N) is 2. The number of benzene rings is 2. The number of hydrogen-bond donors (Lipinski definition) is 1. The van der Waals surface area contributed by atoms with E-state index in [0.717, 1.165) is 16.6 Å². The summed E-state index contributed by atoms with van der Waals surface area (Å²) in [5, 5.41) is 4.89. The second-order valence-electron chi connectivity index (χ2n) is 4.56. The van der Waals surface area contributed by atoms with Crippen LogP contribution in [0, 0.1) is 0 Å². The van der Waals surface area contributed by atoms with Gasteiger partial charge in [-0.1, -0.05) is 23.7 Å². The SMILES string of the molecule is CCOc1cc(Nc2nc(Cl)nc3ccccc23)ccc1Cl. The summed E-state index contributed by atoms with van der Waals surface area (Å²) in [6.07, 6.45) is 0. The Morgan fingerprint density at radius 3 is 2.73 bits per heavy atom. The maximum absolute atomic E-state index is 6.10. The molecule has 0 aliphatic carbocycles. The topological polar surface area (TPSA) is 47.0 Å². The fourth-order valence-electron chi connectivity index (χ4n) is 2.13. The molecular formula is C16H13Cl2N3O. The molecule has 3 rings (SSSR count). The molecule has 1 N–H and O–H groups in total. The van der Waals surface area contributed by atoms with Crippen molar-refractivity contribution in [2.45, 2.75) is 6.92 Å². The third-order valence-corrected chi connectivity index (χ3v) is 3.55. The zero-order valence-electron chi connectivity index (χ0n) is 11.8. The highest BCUT2D eigenvalue weighted by molar-refractivity contribution is 6.32. The smallest absolute Gasteiger partial charge is 0.224 e. The van der Waals surface area contributed by atoms with Gasteiger partial charge in [-0.05, 0) is 42.8 Å². The lowest BCUT2D eigenvalue weighted by atomic mass is 10.2. The molecule has 0 saturated carbocycles. The molecule has 3 aromatic rings. The number of para-hydroxylation sites is 1. The Morgan fingerprint density at radius 1 is 1.09 bits per heavy atom. The zero-order valence-corrected chi connectivity index (χ0v) is 13.3. The van der Waals surface area contributed by atoms with E-state index in [1.165, 1.54) is 0 Å². The first-order valence-corrected chi connectivity index (χ1v) is 7.54. The van der Waals surface area contributed by atoms with E-state index in [9.17, 15) is 0 Å². The normalized spacial score (nSPS) is 10.7. The molecule has 0 spiro atoms. The number of rotatable bonds is 4. The monoisotopic (exact) mass is 333 g/mol. The van der Waals surface area contributed by atoms with Crippen LogP contribution in [0.4, 0.5) is 11.5 Å². The molecule has 0 fully saturated rings. The van der Waals surface area contributed by atoms with E-state index in [1.807, 2.05) is 43.3 Å². The van der Waals surface area contributed by atoms with Crippen molar-refractivity contribution in [1.82, 2.24) is 9.97 Å². The second kappa shape index (κ2) is 6.38. The molecule has 6 heteroatoms. The third kappa shape index (κ3) is 3.08. The lowest BCUT2D eigenvalue weighted by molar-refractivity contribution is 0.340. The molecule has 0 bridgehead atoms. The Kier molecular flexibility index (Phi) is 4.32. The van der Waals surface area contributed by atoms with Crippen LogP contribution in [0.2, 0.25) is 10.3 Å². The van der Waals surface area contributed by atoms with Crippen molar-refractivity contribution in [2.75, 3.05) is 11.9 Å². The Balaban J connectivity index is 2.01. The maximum Gasteiger partial charge on any atom is 0.224 e. The molecule has 0 amide bonds.